The van der Waals surface area contributed by atoms with E-state index in [0.29, 0.717) is 34.8 Å². The molecule has 9 heteroatoms. The lowest BCUT2D eigenvalue weighted by molar-refractivity contribution is -0.146. The van der Waals surface area contributed by atoms with E-state index in [9.17, 15) is 9.59 Å². The first-order valence-corrected chi connectivity index (χ1v) is 12.3. The van der Waals surface area contributed by atoms with Crippen molar-refractivity contribution in [1.29, 1.82) is 0 Å². The van der Waals surface area contributed by atoms with Crippen LogP contribution in [0.4, 0.5) is 0 Å². The van der Waals surface area contributed by atoms with Gasteiger partial charge in [0.25, 0.3) is 0 Å². The molecule has 162 valence electrons. The molecule has 2 unspecified atom stereocenters. The van der Waals surface area contributed by atoms with Gasteiger partial charge in [0.15, 0.2) is 0 Å². The van der Waals surface area contributed by atoms with Crippen LogP contribution in [-0.2, 0) is 23.8 Å². The number of Topliss-reactive ketones (excluding diaryl/α,β-unsaturated/α-hetero) is 1. The van der Waals surface area contributed by atoms with E-state index in [-0.39, 0.29) is 28.9 Å². The Labute approximate surface area is 188 Å². The first kappa shape index (κ1) is 27.6. The number of ether oxygens (including phenoxy) is 3. The van der Waals surface area contributed by atoms with Crippen LogP contribution in [0.1, 0.15) is 66.2 Å². The Kier molecular flexibility index (Phi) is 17.2. The Bertz CT molecular complexity index is 499. The molecule has 2 atom stereocenters. The van der Waals surface area contributed by atoms with Gasteiger partial charge in [0.2, 0.25) is 8.77 Å². The molecule has 0 amide bonds. The minimum atomic E-state index is -0.321. The molecular weight excluding hydrogens is 436 g/mol. The normalized spacial score (nSPS) is 12.7. The fraction of sp³-hybridized carbons (Fsp3) is 0.789. The largest absolute Gasteiger partial charge is 0.479 e. The van der Waals surface area contributed by atoms with Crippen molar-refractivity contribution in [3.05, 3.63) is 0 Å². The fourth-order valence-corrected chi connectivity index (χ4v) is 4.82. The number of ketones is 1. The number of carbonyl (C=O) groups excluding carboxylic acids is 2. The molecule has 0 spiro atoms. The molecule has 0 aromatic carbocycles. The third kappa shape index (κ3) is 14.6. The molecule has 5 nitrogen and oxygen atoms in total. The molecule has 0 aromatic heterocycles. The first-order valence-electron chi connectivity index (χ1n) is 9.65. The van der Waals surface area contributed by atoms with Crippen molar-refractivity contribution in [3.8, 4) is 0 Å². The van der Waals surface area contributed by atoms with Crippen molar-refractivity contribution in [2.75, 3.05) is 19.0 Å². The molecule has 0 aliphatic heterocycles. The monoisotopic (exact) mass is 468 g/mol. The highest BCUT2D eigenvalue weighted by atomic mass is 32.2. The van der Waals surface area contributed by atoms with Gasteiger partial charge in [0, 0.05) is 13.3 Å². The molecule has 0 N–H and O–H groups in total. The lowest BCUT2D eigenvalue weighted by Gasteiger charge is -2.26. The third-order valence-corrected chi connectivity index (χ3v) is 6.50. The van der Waals surface area contributed by atoms with Gasteiger partial charge in [-0.25, -0.2) is 0 Å². The van der Waals surface area contributed by atoms with Gasteiger partial charge in [0.05, 0.1) is 24.2 Å². The Morgan fingerprint density at radius 2 is 1.61 bits per heavy atom. The number of unbranched alkanes of at least 4 members (excludes halogenated alkanes) is 2. The Morgan fingerprint density at radius 1 is 0.964 bits per heavy atom. The fourth-order valence-electron chi connectivity index (χ4n) is 2.40. The Balaban J connectivity index is 4.89. The smallest absolute Gasteiger partial charge is 0.302 e. The Hall–Kier alpha value is -0.380. The molecule has 0 aliphatic rings. The van der Waals surface area contributed by atoms with Gasteiger partial charge in [-0.2, -0.15) is 0 Å². The highest BCUT2D eigenvalue weighted by molar-refractivity contribution is 8.23. The zero-order valence-corrected chi connectivity index (χ0v) is 20.5. The molecule has 28 heavy (non-hydrogen) atoms. The standard InChI is InChI=1S/C19H32O5S4/c1-5-8-9-10-16(24-14(4)20)17(28-19(26)23-7-3)12-11-15(21)13-27-18(25)22-6-2/h16-17H,5-13H2,1-4H3. The summed E-state index contributed by atoms with van der Waals surface area (Å²) >= 11 is 12.9. The van der Waals surface area contributed by atoms with E-state index in [1.165, 1.54) is 30.4 Å². The molecule has 0 rings (SSSR count). The summed E-state index contributed by atoms with van der Waals surface area (Å²) in [6.07, 6.45) is 4.48. The predicted molar refractivity (Wildman–Crippen MR) is 126 cm³/mol. The van der Waals surface area contributed by atoms with Crippen molar-refractivity contribution < 1.29 is 23.8 Å². The SMILES string of the molecule is CCCCCC(OC(C)=O)C(CCC(=O)CSC(=S)OCC)SC(=S)OCC. The van der Waals surface area contributed by atoms with E-state index >= 15 is 0 Å². The van der Waals surface area contributed by atoms with Crippen LogP contribution in [0.15, 0.2) is 0 Å². The summed E-state index contributed by atoms with van der Waals surface area (Å²) in [7, 11) is 0. The molecule has 0 fully saturated rings. The molecule has 0 bridgehead atoms. The summed E-state index contributed by atoms with van der Waals surface area (Å²) in [6, 6.07) is 0. The summed E-state index contributed by atoms with van der Waals surface area (Å²) in [5.74, 6) is 0.0358. The van der Waals surface area contributed by atoms with Gasteiger partial charge < -0.3 is 14.2 Å². The van der Waals surface area contributed by atoms with Gasteiger partial charge in [-0.1, -0.05) is 43.3 Å². The first-order chi connectivity index (χ1) is 13.3. The molecular formula is C19H32O5S4. The maximum absolute atomic E-state index is 12.3. The summed E-state index contributed by atoms with van der Waals surface area (Å²) in [6.45, 7) is 8.23. The number of carbonyl (C=O) groups is 2. The zero-order valence-electron chi connectivity index (χ0n) is 17.2. The van der Waals surface area contributed by atoms with Crippen LogP contribution < -0.4 is 0 Å². The van der Waals surface area contributed by atoms with Gasteiger partial charge in [-0.3, -0.25) is 9.59 Å². The molecule has 0 aliphatic carbocycles. The minimum Gasteiger partial charge on any atom is -0.479 e. The summed E-state index contributed by atoms with van der Waals surface area (Å²) in [4.78, 5) is 23.8. The van der Waals surface area contributed by atoms with Crippen molar-refractivity contribution in [3.63, 3.8) is 0 Å². The molecule has 0 heterocycles. The second kappa shape index (κ2) is 17.5. The van der Waals surface area contributed by atoms with Crippen LogP contribution >= 0.6 is 48.0 Å². The number of hydrogen-bond donors (Lipinski definition) is 0. The lowest BCUT2D eigenvalue weighted by Crippen LogP contribution is -2.30. The van der Waals surface area contributed by atoms with Crippen LogP contribution in [0, 0.1) is 0 Å². The molecule has 0 radical (unpaired) electrons. The number of rotatable bonds is 14. The number of thioether (sulfide) groups is 2. The second-order valence-electron chi connectivity index (χ2n) is 6.03. The number of thiocarbonyl (C=S) groups is 2. The van der Waals surface area contributed by atoms with E-state index in [2.05, 4.69) is 6.92 Å². The van der Waals surface area contributed by atoms with Crippen molar-refractivity contribution >= 4 is 68.5 Å². The summed E-state index contributed by atoms with van der Waals surface area (Å²) in [5, 5.41) is -0.118. The van der Waals surface area contributed by atoms with Crippen molar-refractivity contribution in [1.82, 2.24) is 0 Å². The van der Waals surface area contributed by atoms with Gasteiger partial charge in [0.1, 0.15) is 11.9 Å². The second-order valence-corrected chi connectivity index (χ2v) is 9.45. The average molecular weight is 469 g/mol. The summed E-state index contributed by atoms with van der Waals surface area (Å²) < 4.78 is 16.9. The van der Waals surface area contributed by atoms with Crippen LogP contribution in [0.2, 0.25) is 0 Å². The van der Waals surface area contributed by atoms with E-state index in [1.807, 2.05) is 13.8 Å². The highest BCUT2D eigenvalue weighted by Gasteiger charge is 2.27. The maximum Gasteiger partial charge on any atom is 0.302 e. The maximum atomic E-state index is 12.3. The average Bonchev–Trinajstić information content (AvgIpc) is 2.63. The van der Waals surface area contributed by atoms with E-state index < -0.39 is 0 Å². The molecule has 0 saturated heterocycles. The number of hydrogen-bond acceptors (Lipinski definition) is 9. The minimum absolute atomic E-state index is 0.0788. The molecule has 0 saturated carbocycles. The number of esters is 1. The quantitative estimate of drug-likeness (QED) is 0.191. The molecule has 0 aromatic rings. The van der Waals surface area contributed by atoms with E-state index in [0.717, 1.165) is 25.7 Å². The zero-order chi connectivity index (χ0) is 21.4. The predicted octanol–water partition coefficient (Wildman–Crippen LogP) is 5.33. The van der Waals surface area contributed by atoms with Crippen LogP contribution in [0.3, 0.4) is 0 Å². The van der Waals surface area contributed by atoms with Crippen molar-refractivity contribution in [2.24, 2.45) is 0 Å². The third-order valence-electron chi connectivity index (χ3n) is 3.65. The van der Waals surface area contributed by atoms with Gasteiger partial charge >= 0.3 is 5.97 Å². The van der Waals surface area contributed by atoms with Gasteiger partial charge in [-0.05, 0) is 57.5 Å². The van der Waals surface area contributed by atoms with Crippen LogP contribution in [-0.4, -0.2) is 50.8 Å². The van der Waals surface area contributed by atoms with Crippen molar-refractivity contribution in [2.45, 2.75) is 77.6 Å². The lowest BCUT2D eigenvalue weighted by atomic mass is 10.0. The topological polar surface area (TPSA) is 61.8 Å². The van der Waals surface area contributed by atoms with E-state index in [4.69, 9.17) is 38.6 Å². The highest BCUT2D eigenvalue weighted by Crippen LogP contribution is 2.28. The van der Waals surface area contributed by atoms with Crippen LogP contribution in [0.25, 0.3) is 0 Å². The van der Waals surface area contributed by atoms with E-state index in [1.54, 1.807) is 0 Å². The Morgan fingerprint density at radius 3 is 2.18 bits per heavy atom. The summed E-state index contributed by atoms with van der Waals surface area (Å²) in [5.41, 5.74) is 0. The van der Waals surface area contributed by atoms with Gasteiger partial charge in [-0.15, -0.1) is 0 Å². The van der Waals surface area contributed by atoms with Crippen LogP contribution in [0.5, 0.6) is 0 Å².